The lowest BCUT2D eigenvalue weighted by atomic mass is 10.2. The third-order valence-electron chi connectivity index (χ3n) is 2.39. The molecule has 1 atom stereocenters. The van der Waals surface area contributed by atoms with E-state index in [0.717, 1.165) is 31.7 Å². The topological polar surface area (TPSA) is 43.6 Å². The van der Waals surface area contributed by atoms with Crippen molar-refractivity contribution in [1.29, 1.82) is 0 Å². The first-order chi connectivity index (χ1) is 7.74. The van der Waals surface area contributed by atoms with Crippen LogP contribution in [0, 0.1) is 0 Å². The maximum absolute atomic E-state index is 9.35. The van der Waals surface area contributed by atoms with Crippen LogP contribution in [0.4, 0.5) is 0 Å². The van der Waals surface area contributed by atoms with Gasteiger partial charge in [0.1, 0.15) is 0 Å². The van der Waals surface area contributed by atoms with Gasteiger partial charge in [0, 0.05) is 39.3 Å². The molecule has 92 valence electrons. The molecule has 0 saturated carbocycles. The van der Waals surface area contributed by atoms with Crippen LogP contribution in [0.3, 0.4) is 0 Å². The smallest absolute Gasteiger partial charge is 0.0776 e. The normalized spacial score (nSPS) is 12.9. The Labute approximate surface area is 96.8 Å². The molecule has 0 aliphatic heterocycles. The molecule has 0 aliphatic rings. The van der Waals surface area contributed by atoms with Gasteiger partial charge in [0.05, 0.1) is 12.7 Å². The number of rotatable bonds is 8. The molecule has 0 bridgehead atoms. The summed E-state index contributed by atoms with van der Waals surface area (Å²) in [7, 11) is 1.69. The monoisotopic (exact) mass is 227 g/mol. The molecule has 16 heavy (non-hydrogen) atoms. The Morgan fingerprint density at radius 3 is 2.81 bits per heavy atom. The minimum absolute atomic E-state index is 0.399. The number of methoxy groups -OCH3 is 1. The third kappa shape index (κ3) is 4.79. The molecule has 1 heterocycles. The lowest BCUT2D eigenvalue weighted by Crippen LogP contribution is -2.06. The average Bonchev–Trinajstić information content (AvgIpc) is 2.72. The highest BCUT2D eigenvalue weighted by Crippen LogP contribution is 2.11. The van der Waals surface area contributed by atoms with Crippen LogP contribution in [0.5, 0.6) is 0 Å². The van der Waals surface area contributed by atoms with E-state index in [1.54, 1.807) is 14.0 Å². The molecular weight excluding hydrogens is 206 g/mol. The van der Waals surface area contributed by atoms with Crippen molar-refractivity contribution in [3.8, 4) is 0 Å². The fourth-order valence-electron chi connectivity index (χ4n) is 1.42. The van der Waals surface area contributed by atoms with Gasteiger partial charge in [-0.15, -0.1) is 0 Å². The highest BCUT2D eigenvalue weighted by atomic mass is 16.5. The van der Waals surface area contributed by atoms with E-state index in [4.69, 9.17) is 9.47 Å². The molecule has 1 N–H and O–H groups in total. The molecule has 0 spiro atoms. The average molecular weight is 227 g/mol. The number of hydrogen-bond acceptors (Lipinski definition) is 3. The van der Waals surface area contributed by atoms with E-state index >= 15 is 0 Å². The molecule has 0 amide bonds. The van der Waals surface area contributed by atoms with Crippen molar-refractivity contribution in [2.24, 2.45) is 0 Å². The zero-order chi connectivity index (χ0) is 11.8. The first kappa shape index (κ1) is 13.2. The van der Waals surface area contributed by atoms with E-state index < -0.39 is 6.10 Å². The van der Waals surface area contributed by atoms with Crippen LogP contribution in [0.1, 0.15) is 25.0 Å². The van der Waals surface area contributed by atoms with Gasteiger partial charge in [0.2, 0.25) is 0 Å². The number of ether oxygens (including phenoxy) is 2. The summed E-state index contributed by atoms with van der Waals surface area (Å²) in [6, 6.07) is 1.93. The van der Waals surface area contributed by atoms with Crippen LogP contribution in [0.25, 0.3) is 0 Å². The molecule has 0 aromatic carbocycles. The van der Waals surface area contributed by atoms with Crippen molar-refractivity contribution in [3.63, 3.8) is 0 Å². The van der Waals surface area contributed by atoms with E-state index in [1.165, 1.54) is 0 Å². The minimum Gasteiger partial charge on any atom is -0.389 e. The number of aliphatic hydroxyl groups is 1. The van der Waals surface area contributed by atoms with Crippen LogP contribution in [0.2, 0.25) is 0 Å². The molecule has 1 aromatic rings. The highest BCUT2D eigenvalue weighted by Gasteiger charge is 2.02. The van der Waals surface area contributed by atoms with Crippen LogP contribution < -0.4 is 0 Å². The van der Waals surface area contributed by atoms with Gasteiger partial charge in [-0.3, -0.25) is 0 Å². The van der Waals surface area contributed by atoms with E-state index in [2.05, 4.69) is 0 Å². The van der Waals surface area contributed by atoms with Gasteiger partial charge in [0.15, 0.2) is 0 Å². The van der Waals surface area contributed by atoms with Crippen molar-refractivity contribution in [3.05, 3.63) is 24.0 Å². The molecule has 0 fully saturated rings. The van der Waals surface area contributed by atoms with Gasteiger partial charge in [0.25, 0.3) is 0 Å². The summed E-state index contributed by atoms with van der Waals surface area (Å²) in [6.45, 7) is 4.76. The summed E-state index contributed by atoms with van der Waals surface area (Å²) in [5.74, 6) is 0. The van der Waals surface area contributed by atoms with Gasteiger partial charge >= 0.3 is 0 Å². The van der Waals surface area contributed by atoms with E-state index in [0.29, 0.717) is 6.61 Å². The lowest BCUT2D eigenvalue weighted by molar-refractivity contribution is 0.0976. The first-order valence-electron chi connectivity index (χ1n) is 5.64. The lowest BCUT2D eigenvalue weighted by Gasteiger charge is -2.05. The largest absolute Gasteiger partial charge is 0.389 e. The van der Waals surface area contributed by atoms with E-state index in [9.17, 15) is 5.11 Å². The Kier molecular flexibility index (Phi) is 6.15. The van der Waals surface area contributed by atoms with Crippen molar-refractivity contribution < 1.29 is 14.6 Å². The van der Waals surface area contributed by atoms with Crippen molar-refractivity contribution in [1.82, 2.24) is 4.57 Å². The second-order valence-electron chi connectivity index (χ2n) is 3.82. The van der Waals surface area contributed by atoms with Gasteiger partial charge in [-0.25, -0.2) is 0 Å². The molecule has 0 aliphatic carbocycles. The van der Waals surface area contributed by atoms with E-state index in [-0.39, 0.29) is 0 Å². The second-order valence-corrected chi connectivity index (χ2v) is 3.82. The van der Waals surface area contributed by atoms with Gasteiger partial charge in [-0.1, -0.05) is 0 Å². The molecular formula is C12H21NO3. The Bertz CT molecular complexity index is 284. The zero-order valence-corrected chi connectivity index (χ0v) is 10.1. The zero-order valence-electron chi connectivity index (χ0n) is 10.1. The Morgan fingerprint density at radius 2 is 2.19 bits per heavy atom. The number of aromatic nitrogens is 1. The van der Waals surface area contributed by atoms with Gasteiger partial charge in [-0.2, -0.15) is 0 Å². The van der Waals surface area contributed by atoms with Crippen molar-refractivity contribution in [2.75, 3.05) is 26.9 Å². The van der Waals surface area contributed by atoms with Crippen LogP contribution in [-0.2, 0) is 16.0 Å². The Balaban J connectivity index is 2.12. The van der Waals surface area contributed by atoms with Crippen LogP contribution >= 0.6 is 0 Å². The maximum Gasteiger partial charge on any atom is 0.0776 e. The molecule has 0 radical (unpaired) electrons. The van der Waals surface area contributed by atoms with Crippen molar-refractivity contribution >= 4 is 0 Å². The predicted octanol–water partition coefficient (Wildman–Crippen LogP) is 1.59. The molecule has 1 aromatic heterocycles. The molecule has 1 rings (SSSR count). The third-order valence-corrected chi connectivity index (χ3v) is 2.39. The summed E-state index contributed by atoms with van der Waals surface area (Å²) < 4.78 is 12.4. The van der Waals surface area contributed by atoms with E-state index in [1.807, 2.05) is 23.0 Å². The second kappa shape index (κ2) is 7.44. The molecule has 1 unspecified atom stereocenters. The quantitative estimate of drug-likeness (QED) is 0.686. The number of aliphatic hydroxyl groups excluding tert-OH is 1. The number of nitrogens with zero attached hydrogens (tertiary/aromatic N) is 1. The summed E-state index contributed by atoms with van der Waals surface area (Å²) in [5, 5.41) is 9.35. The first-order valence-corrected chi connectivity index (χ1v) is 5.64. The highest BCUT2D eigenvalue weighted by molar-refractivity contribution is 5.12. The Morgan fingerprint density at radius 1 is 1.38 bits per heavy atom. The van der Waals surface area contributed by atoms with Crippen LogP contribution in [0.15, 0.2) is 18.5 Å². The summed E-state index contributed by atoms with van der Waals surface area (Å²) >= 11 is 0. The van der Waals surface area contributed by atoms with Gasteiger partial charge < -0.3 is 19.1 Å². The predicted molar refractivity (Wildman–Crippen MR) is 62.4 cm³/mol. The minimum atomic E-state index is -0.399. The molecule has 4 nitrogen and oxygen atoms in total. The standard InChI is InChI=1S/C12H21NO3/c1-11(14)12-4-5-13(10-12)6-9-16-8-3-7-15-2/h4-5,10-11,14H,3,6-9H2,1-2H3. The van der Waals surface area contributed by atoms with Crippen molar-refractivity contribution in [2.45, 2.75) is 26.0 Å². The van der Waals surface area contributed by atoms with Gasteiger partial charge in [-0.05, 0) is 25.0 Å². The summed E-state index contributed by atoms with van der Waals surface area (Å²) in [6.07, 6.45) is 4.44. The Hall–Kier alpha value is -0.840. The maximum atomic E-state index is 9.35. The fraction of sp³-hybridized carbons (Fsp3) is 0.667. The fourth-order valence-corrected chi connectivity index (χ4v) is 1.42. The SMILES string of the molecule is COCCCOCCn1ccc(C(C)O)c1. The summed E-state index contributed by atoms with van der Waals surface area (Å²) in [4.78, 5) is 0. The van der Waals surface area contributed by atoms with Crippen LogP contribution in [-0.4, -0.2) is 36.6 Å². The molecule has 0 saturated heterocycles. The molecule has 4 heteroatoms. The summed E-state index contributed by atoms with van der Waals surface area (Å²) in [5.41, 5.74) is 0.944. The number of hydrogen-bond donors (Lipinski definition) is 1.